The van der Waals surface area contributed by atoms with Gasteiger partial charge in [-0.25, -0.2) is 22.0 Å². The van der Waals surface area contributed by atoms with Gasteiger partial charge in [-0.15, -0.1) is 6.58 Å². The van der Waals surface area contributed by atoms with Gasteiger partial charge in [-0.1, -0.05) is 17.4 Å². The van der Waals surface area contributed by atoms with Gasteiger partial charge in [-0.05, 0) is 56.3 Å². The molecule has 176 valence electrons. The fourth-order valence-corrected chi connectivity index (χ4v) is 6.05. The van der Waals surface area contributed by atoms with Crippen molar-refractivity contribution < 1.29 is 21.6 Å². The molecule has 0 radical (unpaired) electrons. The maximum absolute atomic E-state index is 12.8. The lowest BCUT2D eigenvalue weighted by Crippen LogP contribution is -2.33. The largest absolute Gasteiger partial charge is 0.312 e. The van der Waals surface area contributed by atoms with E-state index in [2.05, 4.69) is 11.6 Å². The molecule has 33 heavy (non-hydrogen) atoms. The van der Waals surface area contributed by atoms with Crippen LogP contribution in [0.2, 0.25) is 0 Å². The molecule has 0 saturated carbocycles. The smallest absolute Gasteiger partial charge is 0.279 e. The molecule has 0 aliphatic rings. The summed E-state index contributed by atoms with van der Waals surface area (Å²) in [6.07, 6.45) is 1.63. The number of nitrogens with zero attached hydrogens (tertiary/aromatic N) is 3. The third kappa shape index (κ3) is 5.14. The maximum Gasteiger partial charge on any atom is 0.279 e. The van der Waals surface area contributed by atoms with Gasteiger partial charge in [0.15, 0.2) is 4.80 Å². The second-order valence-electron chi connectivity index (χ2n) is 7.51. The summed E-state index contributed by atoms with van der Waals surface area (Å²) in [5.74, 6) is -0.563. The van der Waals surface area contributed by atoms with Gasteiger partial charge in [0.05, 0.1) is 20.0 Å². The van der Waals surface area contributed by atoms with E-state index >= 15 is 0 Å². The van der Waals surface area contributed by atoms with E-state index in [0.29, 0.717) is 21.6 Å². The summed E-state index contributed by atoms with van der Waals surface area (Å²) >= 11 is 1.14. The summed E-state index contributed by atoms with van der Waals surface area (Å²) in [7, 11) is -6.05. The molecule has 0 atom stereocenters. The van der Waals surface area contributed by atoms with Gasteiger partial charge in [-0.2, -0.15) is 9.30 Å². The Morgan fingerprint density at radius 3 is 2.30 bits per heavy atom. The zero-order chi connectivity index (χ0) is 24.6. The Morgan fingerprint density at radius 1 is 1.15 bits per heavy atom. The molecule has 0 unspecified atom stereocenters. The minimum Gasteiger partial charge on any atom is -0.312 e. The number of allylic oxidation sites excluding steroid dienone is 1. The van der Waals surface area contributed by atoms with Crippen molar-refractivity contribution in [3.05, 3.63) is 65.5 Å². The average Bonchev–Trinajstić information content (AvgIpc) is 3.09. The Balaban J connectivity index is 2.04. The molecular weight excluding hydrogens is 484 g/mol. The summed E-state index contributed by atoms with van der Waals surface area (Å²) in [5, 5.41) is 5.22. The zero-order valence-corrected chi connectivity index (χ0v) is 20.7. The summed E-state index contributed by atoms with van der Waals surface area (Å²) in [4.78, 5) is 17.4. The molecule has 3 rings (SSSR count). The van der Waals surface area contributed by atoms with Crippen LogP contribution in [0.5, 0.6) is 0 Å². The van der Waals surface area contributed by atoms with Crippen LogP contribution in [0.25, 0.3) is 10.2 Å². The number of fused-ring (bicyclic) bond motifs is 1. The quantitative estimate of drug-likeness (QED) is 0.489. The van der Waals surface area contributed by atoms with E-state index in [1.807, 2.05) is 0 Å². The lowest BCUT2D eigenvalue weighted by Gasteiger charge is -2.20. The van der Waals surface area contributed by atoms with Crippen LogP contribution in [-0.4, -0.2) is 44.7 Å². The number of primary sulfonamides is 1. The first kappa shape index (κ1) is 25.0. The molecule has 12 heteroatoms. The van der Waals surface area contributed by atoms with Gasteiger partial charge in [0.2, 0.25) is 20.0 Å². The number of carbonyl (C=O) groups is 1. The lowest BCUT2D eigenvalue weighted by molar-refractivity contribution is 0.0997. The van der Waals surface area contributed by atoms with Crippen molar-refractivity contribution in [1.29, 1.82) is 0 Å². The number of nitrogens with two attached hydrogens (primary N) is 1. The summed E-state index contributed by atoms with van der Waals surface area (Å²) in [6.45, 7) is 7.60. The normalized spacial score (nSPS) is 13.2. The Morgan fingerprint density at radius 2 is 1.76 bits per heavy atom. The Hall–Kier alpha value is -2.64. The summed E-state index contributed by atoms with van der Waals surface area (Å²) in [6, 6.07) is 9.79. The van der Waals surface area contributed by atoms with Crippen molar-refractivity contribution >= 4 is 47.5 Å². The van der Waals surface area contributed by atoms with Crippen LogP contribution in [0, 0.1) is 0 Å². The number of hydrogen-bond acceptors (Lipinski definition) is 6. The van der Waals surface area contributed by atoms with Gasteiger partial charge >= 0.3 is 0 Å². The first-order valence-electron chi connectivity index (χ1n) is 9.80. The Kier molecular flexibility index (Phi) is 7.05. The fourth-order valence-electron chi connectivity index (χ4n) is 2.99. The van der Waals surface area contributed by atoms with E-state index in [0.717, 1.165) is 11.3 Å². The molecule has 0 spiro atoms. The van der Waals surface area contributed by atoms with E-state index < -0.39 is 26.0 Å². The second-order valence-corrected chi connectivity index (χ2v) is 12.1. The summed E-state index contributed by atoms with van der Waals surface area (Å²) in [5.41, 5.74) is 0.894. The first-order chi connectivity index (χ1) is 15.4. The van der Waals surface area contributed by atoms with Crippen LogP contribution >= 0.6 is 11.3 Å². The zero-order valence-electron chi connectivity index (χ0n) is 18.3. The lowest BCUT2D eigenvalue weighted by atomic mass is 10.2. The molecule has 2 N–H and O–H groups in total. The molecule has 0 bridgehead atoms. The fraction of sp³-hybridized carbons (Fsp3) is 0.238. The van der Waals surface area contributed by atoms with Crippen LogP contribution in [0.4, 0.5) is 0 Å². The predicted molar refractivity (Wildman–Crippen MR) is 128 cm³/mol. The van der Waals surface area contributed by atoms with E-state index in [1.54, 1.807) is 30.6 Å². The number of rotatable bonds is 7. The molecule has 9 nitrogen and oxygen atoms in total. The molecule has 0 aliphatic heterocycles. The van der Waals surface area contributed by atoms with E-state index in [-0.39, 0.29) is 21.4 Å². The monoisotopic (exact) mass is 508 g/mol. The van der Waals surface area contributed by atoms with E-state index in [4.69, 9.17) is 5.14 Å². The van der Waals surface area contributed by atoms with Crippen molar-refractivity contribution in [2.75, 3.05) is 7.05 Å². The van der Waals surface area contributed by atoms with Crippen molar-refractivity contribution in [3.8, 4) is 0 Å². The Labute approximate surface area is 196 Å². The highest BCUT2D eigenvalue weighted by Crippen LogP contribution is 2.22. The molecule has 0 fully saturated rings. The van der Waals surface area contributed by atoms with Gasteiger partial charge in [0.1, 0.15) is 0 Å². The standard InChI is InChI=1S/C21H24N4O5S3/c1-5-12-25-18-11-10-17(32(22,27)28)13-19(18)31-21(25)23-20(26)15-6-8-16(9-7-15)33(29,30)24(4)14(2)3/h5-11,13-14H,1,12H2,2-4H3,(H2,22,27,28). The van der Waals surface area contributed by atoms with Crippen LogP contribution in [-0.2, 0) is 26.6 Å². The SMILES string of the molecule is C=CCn1c(=NC(=O)c2ccc(S(=O)(=O)N(C)C(C)C)cc2)sc2cc(S(N)(=O)=O)ccc21. The number of hydrogen-bond donors (Lipinski definition) is 1. The maximum atomic E-state index is 12.8. The number of carbonyl (C=O) groups excluding carboxylic acids is 1. The van der Waals surface area contributed by atoms with Gasteiger partial charge < -0.3 is 4.57 Å². The highest BCUT2D eigenvalue weighted by molar-refractivity contribution is 7.89. The minimum absolute atomic E-state index is 0.0388. The van der Waals surface area contributed by atoms with Gasteiger partial charge in [-0.3, -0.25) is 4.79 Å². The van der Waals surface area contributed by atoms with Crippen LogP contribution in [0.1, 0.15) is 24.2 Å². The topological polar surface area (TPSA) is 132 Å². The number of thiazole rings is 1. The number of amides is 1. The van der Waals surface area contributed by atoms with Crippen molar-refractivity contribution in [1.82, 2.24) is 8.87 Å². The molecule has 0 saturated heterocycles. The highest BCUT2D eigenvalue weighted by Gasteiger charge is 2.23. The highest BCUT2D eigenvalue weighted by atomic mass is 32.2. The average molecular weight is 509 g/mol. The molecule has 1 aromatic heterocycles. The second kappa shape index (κ2) is 9.31. The van der Waals surface area contributed by atoms with Crippen LogP contribution < -0.4 is 9.94 Å². The molecule has 1 amide bonds. The third-order valence-electron chi connectivity index (χ3n) is 5.00. The van der Waals surface area contributed by atoms with Crippen molar-refractivity contribution in [3.63, 3.8) is 0 Å². The predicted octanol–water partition coefficient (Wildman–Crippen LogP) is 2.31. The summed E-state index contributed by atoms with van der Waals surface area (Å²) < 4.78 is 52.1. The molecular formula is C21H24N4O5S3. The number of sulfonamides is 2. The van der Waals surface area contributed by atoms with Crippen molar-refractivity contribution in [2.45, 2.75) is 36.2 Å². The molecule has 2 aromatic carbocycles. The molecule has 1 heterocycles. The first-order valence-corrected chi connectivity index (χ1v) is 13.6. The molecule has 3 aromatic rings. The third-order valence-corrected chi connectivity index (χ3v) is 9.00. The number of benzene rings is 2. The minimum atomic E-state index is -3.88. The van der Waals surface area contributed by atoms with E-state index in [9.17, 15) is 21.6 Å². The van der Waals surface area contributed by atoms with Crippen LogP contribution in [0.3, 0.4) is 0 Å². The van der Waals surface area contributed by atoms with Gasteiger partial charge in [0, 0.05) is 25.2 Å². The number of aromatic nitrogens is 1. The Bertz CT molecular complexity index is 1500. The van der Waals surface area contributed by atoms with Crippen LogP contribution in [0.15, 0.2) is 69.9 Å². The molecule has 0 aliphatic carbocycles. The van der Waals surface area contributed by atoms with E-state index in [1.165, 1.54) is 47.8 Å². The van der Waals surface area contributed by atoms with Gasteiger partial charge in [0.25, 0.3) is 5.91 Å². The van der Waals surface area contributed by atoms with Crippen molar-refractivity contribution in [2.24, 2.45) is 10.1 Å².